The number of nitrogens with one attached hydrogen (secondary N) is 2. The Morgan fingerprint density at radius 1 is 0.941 bits per heavy atom. The Morgan fingerprint density at radius 2 is 1.62 bits per heavy atom. The van der Waals surface area contributed by atoms with Crippen LogP contribution in [0.3, 0.4) is 0 Å². The van der Waals surface area contributed by atoms with Crippen molar-refractivity contribution in [3.05, 3.63) is 53.9 Å². The van der Waals surface area contributed by atoms with Gasteiger partial charge in [-0.05, 0) is 55.7 Å². The van der Waals surface area contributed by atoms with E-state index in [4.69, 9.17) is 9.47 Å². The monoisotopic (exact) mass is 467 g/mol. The number of aromatic nitrogens is 1. The zero-order valence-corrected chi connectivity index (χ0v) is 19.8. The Bertz CT molecular complexity index is 979. The molecule has 2 atom stereocenters. The SMILES string of the molecule is CCOc1ccc(CC(=O)N2CCN(C(=O)C3CC(c4ccncc4)NN3)CC2)cc1OCC. The van der Waals surface area contributed by atoms with Crippen molar-refractivity contribution in [3.8, 4) is 11.5 Å². The van der Waals surface area contributed by atoms with Crippen molar-refractivity contribution in [1.29, 1.82) is 0 Å². The maximum atomic E-state index is 13.0. The zero-order valence-electron chi connectivity index (χ0n) is 19.8. The van der Waals surface area contributed by atoms with Gasteiger partial charge in [-0.15, -0.1) is 0 Å². The van der Waals surface area contributed by atoms with Gasteiger partial charge in [-0.2, -0.15) is 0 Å². The number of ether oxygens (including phenoxy) is 2. The van der Waals surface area contributed by atoms with E-state index in [0.29, 0.717) is 63.7 Å². The average Bonchev–Trinajstić information content (AvgIpc) is 3.36. The van der Waals surface area contributed by atoms with E-state index >= 15 is 0 Å². The summed E-state index contributed by atoms with van der Waals surface area (Å²) in [7, 11) is 0. The molecule has 9 nitrogen and oxygen atoms in total. The molecule has 0 aliphatic carbocycles. The smallest absolute Gasteiger partial charge is 0.241 e. The Balaban J connectivity index is 1.28. The van der Waals surface area contributed by atoms with E-state index in [1.807, 2.05) is 54.0 Å². The molecule has 0 spiro atoms. The van der Waals surface area contributed by atoms with Crippen LogP contribution in [0.4, 0.5) is 0 Å². The fraction of sp³-hybridized carbons (Fsp3) is 0.480. The van der Waals surface area contributed by atoms with E-state index in [1.54, 1.807) is 12.4 Å². The van der Waals surface area contributed by atoms with Gasteiger partial charge in [-0.1, -0.05) is 6.07 Å². The fourth-order valence-electron chi connectivity index (χ4n) is 4.42. The van der Waals surface area contributed by atoms with E-state index in [1.165, 1.54) is 0 Å². The highest BCUT2D eigenvalue weighted by Crippen LogP contribution is 2.29. The minimum absolute atomic E-state index is 0.0529. The van der Waals surface area contributed by atoms with Gasteiger partial charge >= 0.3 is 0 Å². The largest absolute Gasteiger partial charge is 0.490 e. The van der Waals surface area contributed by atoms with Gasteiger partial charge in [-0.25, -0.2) is 10.9 Å². The lowest BCUT2D eigenvalue weighted by Gasteiger charge is -2.36. The molecule has 2 unspecified atom stereocenters. The molecule has 2 saturated heterocycles. The second-order valence-corrected chi connectivity index (χ2v) is 8.44. The van der Waals surface area contributed by atoms with Gasteiger partial charge in [0.1, 0.15) is 6.04 Å². The van der Waals surface area contributed by atoms with Crippen molar-refractivity contribution >= 4 is 11.8 Å². The van der Waals surface area contributed by atoms with Gasteiger partial charge in [0.15, 0.2) is 11.5 Å². The molecular formula is C25H33N5O4. The van der Waals surface area contributed by atoms with Crippen molar-refractivity contribution in [1.82, 2.24) is 25.6 Å². The minimum atomic E-state index is -0.277. The molecule has 1 aromatic heterocycles. The van der Waals surface area contributed by atoms with Crippen molar-refractivity contribution in [2.45, 2.75) is 38.8 Å². The predicted molar refractivity (Wildman–Crippen MR) is 127 cm³/mol. The molecule has 0 saturated carbocycles. The van der Waals surface area contributed by atoms with Gasteiger partial charge in [-0.3, -0.25) is 14.6 Å². The van der Waals surface area contributed by atoms with Crippen LogP contribution in [0.2, 0.25) is 0 Å². The second kappa shape index (κ2) is 11.3. The average molecular weight is 468 g/mol. The van der Waals surface area contributed by atoms with Crippen LogP contribution in [0, 0.1) is 0 Å². The number of benzene rings is 1. The van der Waals surface area contributed by atoms with Crippen molar-refractivity contribution in [3.63, 3.8) is 0 Å². The van der Waals surface area contributed by atoms with Crippen LogP contribution < -0.4 is 20.3 Å². The summed E-state index contributed by atoms with van der Waals surface area (Å²) in [6.07, 6.45) is 4.49. The number of rotatable bonds is 8. The molecule has 1 aromatic carbocycles. The number of hydrazine groups is 1. The zero-order chi connectivity index (χ0) is 23.9. The van der Waals surface area contributed by atoms with Crippen molar-refractivity contribution in [2.75, 3.05) is 39.4 Å². The van der Waals surface area contributed by atoms with E-state index < -0.39 is 0 Å². The van der Waals surface area contributed by atoms with Crippen LogP contribution in [-0.4, -0.2) is 72.0 Å². The summed E-state index contributed by atoms with van der Waals surface area (Å²) in [5.41, 5.74) is 8.34. The van der Waals surface area contributed by atoms with Gasteiger partial charge in [0.25, 0.3) is 0 Å². The highest BCUT2D eigenvalue weighted by Gasteiger charge is 2.34. The van der Waals surface area contributed by atoms with Crippen LogP contribution in [-0.2, 0) is 16.0 Å². The standard InChI is InChI=1S/C25H33N5O4/c1-3-33-22-6-5-18(15-23(22)34-4-2)16-24(31)29-11-13-30(14-12-29)25(32)21-17-20(27-28-21)19-7-9-26-10-8-19/h5-10,15,20-21,27-28H,3-4,11-14,16-17H2,1-2H3. The highest BCUT2D eigenvalue weighted by molar-refractivity contribution is 5.83. The first-order chi connectivity index (χ1) is 16.6. The molecule has 2 aliphatic heterocycles. The van der Waals surface area contributed by atoms with Crippen LogP contribution in [0.5, 0.6) is 11.5 Å². The minimum Gasteiger partial charge on any atom is -0.490 e. The topological polar surface area (TPSA) is 96.0 Å². The number of hydrogen-bond donors (Lipinski definition) is 2. The molecule has 2 amide bonds. The molecule has 2 N–H and O–H groups in total. The number of piperazine rings is 1. The molecule has 4 rings (SSSR count). The maximum Gasteiger partial charge on any atom is 0.241 e. The summed E-state index contributed by atoms with van der Waals surface area (Å²) in [4.78, 5) is 33.6. The number of amides is 2. The first kappa shape index (κ1) is 24.0. The Hall–Kier alpha value is -3.17. The number of carbonyl (C=O) groups excluding carboxylic acids is 2. The Morgan fingerprint density at radius 3 is 2.32 bits per heavy atom. The Kier molecular flexibility index (Phi) is 7.97. The van der Waals surface area contributed by atoms with Crippen LogP contribution in [0.25, 0.3) is 0 Å². The van der Waals surface area contributed by atoms with Gasteiger partial charge in [0, 0.05) is 44.6 Å². The molecule has 2 aromatic rings. The third kappa shape index (κ3) is 5.66. The summed E-state index contributed by atoms with van der Waals surface area (Å²) < 4.78 is 11.3. The highest BCUT2D eigenvalue weighted by atomic mass is 16.5. The van der Waals surface area contributed by atoms with Gasteiger partial charge < -0.3 is 19.3 Å². The van der Waals surface area contributed by atoms with E-state index in [2.05, 4.69) is 15.8 Å². The summed E-state index contributed by atoms with van der Waals surface area (Å²) in [6, 6.07) is 9.36. The van der Waals surface area contributed by atoms with Crippen LogP contribution in [0.15, 0.2) is 42.7 Å². The number of pyridine rings is 1. The predicted octanol–water partition coefficient (Wildman–Crippen LogP) is 1.70. The number of hydrogen-bond acceptors (Lipinski definition) is 7. The summed E-state index contributed by atoms with van der Waals surface area (Å²) in [5, 5.41) is 0. The lowest BCUT2D eigenvalue weighted by Crippen LogP contribution is -2.54. The van der Waals surface area contributed by atoms with E-state index in [-0.39, 0.29) is 23.9 Å². The van der Waals surface area contributed by atoms with Crippen molar-refractivity contribution in [2.24, 2.45) is 0 Å². The first-order valence-electron chi connectivity index (χ1n) is 11.9. The lowest BCUT2D eigenvalue weighted by atomic mass is 10.0. The Labute approximate surface area is 200 Å². The number of carbonyl (C=O) groups is 2. The number of nitrogens with zero attached hydrogens (tertiary/aromatic N) is 3. The second-order valence-electron chi connectivity index (χ2n) is 8.44. The van der Waals surface area contributed by atoms with Crippen molar-refractivity contribution < 1.29 is 19.1 Å². The lowest BCUT2D eigenvalue weighted by molar-refractivity contribution is -0.140. The van der Waals surface area contributed by atoms with Gasteiger partial charge in [0.05, 0.1) is 19.6 Å². The van der Waals surface area contributed by atoms with E-state index in [9.17, 15) is 9.59 Å². The first-order valence-corrected chi connectivity index (χ1v) is 11.9. The van der Waals surface area contributed by atoms with Crippen LogP contribution >= 0.6 is 0 Å². The molecule has 0 radical (unpaired) electrons. The normalized spacial score (nSPS) is 20.3. The molecule has 34 heavy (non-hydrogen) atoms. The van der Waals surface area contributed by atoms with E-state index in [0.717, 1.165) is 11.1 Å². The third-order valence-electron chi connectivity index (χ3n) is 6.22. The molecule has 2 fully saturated rings. The molecule has 2 aliphatic rings. The fourth-order valence-corrected chi connectivity index (χ4v) is 4.42. The molecule has 182 valence electrons. The molecule has 0 bridgehead atoms. The molecule has 3 heterocycles. The third-order valence-corrected chi connectivity index (χ3v) is 6.22. The molecule has 9 heteroatoms. The van der Waals surface area contributed by atoms with Crippen LogP contribution in [0.1, 0.15) is 37.4 Å². The summed E-state index contributed by atoms with van der Waals surface area (Å²) >= 11 is 0. The van der Waals surface area contributed by atoms with Gasteiger partial charge in [0.2, 0.25) is 11.8 Å². The maximum absolute atomic E-state index is 13.0. The summed E-state index contributed by atoms with van der Waals surface area (Å²) in [5.74, 6) is 1.47. The summed E-state index contributed by atoms with van der Waals surface area (Å²) in [6.45, 7) is 7.08. The molecular weight excluding hydrogens is 434 g/mol. The quantitative estimate of drug-likeness (QED) is 0.610.